The van der Waals surface area contributed by atoms with E-state index in [4.69, 9.17) is 0 Å². The van der Waals surface area contributed by atoms with E-state index in [-0.39, 0.29) is 5.91 Å². The van der Waals surface area contributed by atoms with Gasteiger partial charge in [0.15, 0.2) is 0 Å². The lowest BCUT2D eigenvalue weighted by Crippen LogP contribution is -2.18. The fraction of sp³-hybridized carbons (Fsp3) is 0.800. The summed E-state index contributed by atoms with van der Waals surface area (Å²) in [5, 5.41) is 6.79. The number of rotatable bonds is 0. The van der Waals surface area contributed by atoms with Crippen molar-refractivity contribution in [3.05, 3.63) is 0 Å². The second kappa shape index (κ2) is 2.67. The Morgan fingerprint density at radius 2 is 2.38 bits per heavy atom. The van der Waals surface area contributed by atoms with E-state index in [1.165, 1.54) is 0 Å². The summed E-state index contributed by atoms with van der Waals surface area (Å²) in [4.78, 5) is 10.5. The van der Waals surface area contributed by atoms with Gasteiger partial charge in [0.25, 0.3) is 0 Å². The van der Waals surface area contributed by atoms with Gasteiger partial charge in [0, 0.05) is 19.5 Å². The fourth-order valence-electron chi connectivity index (χ4n) is 0.659. The third kappa shape index (κ3) is 1.50. The van der Waals surface area contributed by atoms with Gasteiger partial charge in [-0.25, -0.2) is 0 Å². The average molecular weight is 113 g/mol. The number of hydrogen-bond acceptors (Lipinski definition) is 2. The Balaban J connectivity index is 2.27. The van der Waals surface area contributed by atoms with Gasteiger partial charge >= 0.3 is 0 Å². The molecule has 1 saturated heterocycles. The first-order chi connectivity index (χ1) is 3.89. The fourth-order valence-corrected chi connectivity index (χ4v) is 0.659. The number of amides is 1. The van der Waals surface area contributed by atoms with Gasteiger partial charge in [-0.15, -0.1) is 0 Å². The van der Waals surface area contributed by atoms with E-state index in [9.17, 15) is 4.79 Å². The number of hydrogen-bond donors (Lipinski definition) is 1. The Bertz CT molecular complexity index is 82.4. The minimum atomic E-state index is 0.0370. The molecular weight excluding hydrogens is 104 g/mol. The summed E-state index contributed by atoms with van der Waals surface area (Å²) < 4.78 is 0. The van der Waals surface area contributed by atoms with Crippen molar-refractivity contribution in [2.45, 2.75) is 6.42 Å². The predicted molar refractivity (Wildman–Crippen MR) is 29.5 cm³/mol. The van der Waals surface area contributed by atoms with Crippen molar-refractivity contribution < 1.29 is 4.79 Å². The summed E-state index contributed by atoms with van der Waals surface area (Å²) in [5.41, 5.74) is 0. The zero-order valence-electron chi connectivity index (χ0n) is 4.68. The van der Waals surface area contributed by atoms with Gasteiger partial charge in [-0.05, 0) is 0 Å². The molecule has 3 nitrogen and oxygen atoms in total. The number of carbonyl (C=O) groups is 1. The van der Waals surface area contributed by atoms with Crippen LogP contribution < -0.4 is 10.6 Å². The van der Waals surface area contributed by atoms with Crippen LogP contribution in [0.2, 0.25) is 0 Å². The van der Waals surface area contributed by atoms with Crippen LogP contribution in [-0.2, 0) is 4.79 Å². The molecule has 0 saturated carbocycles. The highest BCUT2D eigenvalue weighted by Gasteiger charge is 2.04. The van der Waals surface area contributed by atoms with Crippen LogP contribution in [0.3, 0.4) is 0 Å². The van der Waals surface area contributed by atoms with Crippen molar-refractivity contribution in [1.29, 1.82) is 0 Å². The highest BCUT2D eigenvalue weighted by molar-refractivity contribution is 5.75. The Labute approximate surface area is 48.5 Å². The van der Waals surface area contributed by atoms with Crippen LogP contribution in [0, 0.1) is 0 Å². The van der Waals surface area contributed by atoms with E-state index in [0.717, 1.165) is 13.1 Å². The second-order valence-corrected chi connectivity index (χ2v) is 1.78. The van der Waals surface area contributed by atoms with E-state index in [1.807, 2.05) is 0 Å². The van der Waals surface area contributed by atoms with Gasteiger partial charge in [-0.2, -0.15) is 0 Å². The van der Waals surface area contributed by atoms with Crippen LogP contribution in [0.4, 0.5) is 0 Å². The minimum absolute atomic E-state index is 0.0370. The molecule has 1 N–H and O–H groups in total. The Morgan fingerprint density at radius 3 is 3.25 bits per heavy atom. The molecule has 0 unspecified atom stereocenters. The van der Waals surface area contributed by atoms with Crippen molar-refractivity contribution in [3.8, 4) is 0 Å². The van der Waals surface area contributed by atoms with Gasteiger partial charge in [0.1, 0.15) is 0 Å². The van der Waals surface area contributed by atoms with Crippen LogP contribution in [-0.4, -0.2) is 25.5 Å². The van der Waals surface area contributed by atoms with Crippen LogP contribution >= 0.6 is 0 Å². The van der Waals surface area contributed by atoms with Crippen molar-refractivity contribution in [2.75, 3.05) is 19.6 Å². The SMILES string of the molecule is O=C1CCNCC[N]1. The van der Waals surface area contributed by atoms with Crippen LogP contribution in [0.25, 0.3) is 0 Å². The Hall–Kier alpha value is -0.570. The zero-order chi connectivity index (χ0) is 5.82. The predicted octanol–water partition coefficient (Wildman–Crippen LogP) is -0.889. The molecule has 3 heteroatoms. The molecule has 0 aromatic rings. The van der Waals surface area contributed by atoms with Crippen LogP contribution in [0.5, 0.6) is 0 Å². The first-order valence-corrected chi connectivity index (χ1v) is 2.80. The van der Waals surface area contributed by atoms with Gasteiger partial charge in [0.05, 0.1) is 6.54 Å². The lowest BCUT2D eigenvalue weighted by molar-refractivity contribution is -0.120. The standard InChI is InChI=1S/C5H9N2O/c8-5-1-2-6-3-4-7-5/h6H,1-4H2. The van der Waals surface area contributed by atoms with Gasteiger partial charge in [-0.1, -0.05) is 0 Å². The molecule has 1 aliphatic heterocycles. The highest BCUT2D eigenvalue weighted by atomic mass is 16.1. The van der Waals surface area contributed by atoms with E-state index in [2.05, 4.69) is 10.6 Å². The number of nitrogens with zero attached hydrogens (tertiary/aromatic N) is 1. The summed E-state index contributed by atoms with van der Waals surface area (Å²) in [7, 11) is 0. The summed E-state index contributed by atoms with van der Waals surface area (Å²) in [6.07, 6.45) is 0.569. The molecule has 1 rings (SSSR count). The topological polar surface area (TPSA) is 43.2 Å². The molecule has 1 radical (unpaired) electrons. The normalized spacial score (nSPS) is 21.8. The first-order valence-electron chi connectivity index (χ1n) is 2.80. The van der Waals surface area contributed by atoms with E-state index < -0.39 is 0 Å². The lowest BCUT2D eigenvalue weighted by atomic mass is 10.4. The quantitative estimate of drug-likeness (QED) is 0.443. The summed E-state index contributed by atoms with van der Waals surface area (Å²) >= 11 is 0. The molecule has 1 amide bonds. The molecule has 8 heavy (non-hydrogen) atoms. The highest BCUT2D eigenvalue weighted by Crippen LogP contribution is 1.81. The van der Waals surface area contributed by atoms with Crippen molar-refractivity contribution in [1.82, 2.24) is 10.6 Å². The van der Waals surface area contributed by atoms with Crippen LogP contribution in [0.1, 0.15) is 6.42 Å². The third-order valence-electron chi connectivity index (χ3n) is 1.09. The Morgan fingerprint density at radius 1 is 1.50 bits per heavy atom. The van der Waals surface area contributed by atoms with Crippen molar-refractivity contribution >= 4 is 5.91 Å². The van der Waals surface area contributed by atoms with E-state index >= 15 is 0 Å². The summed E-state index contributed by atoms with van der Waals surface area (Å²) in [6.45, 7) is 2.30. The molecule has 0 aromatic heterocycles. The zero-order valence-corrected chi connectivity index (χ0v) is 4.68. The molecule has 1 heterocycles. The molecule has 1 aliphatic rings. The van der Waals surface area contributed by atoms with Gasteiger partial charge < -0.3 is 5.32 Å². The molecule has 0 aliphatic carbocycles. The lowest BCUT2D eigenvalue weighted by Gasteiger charge is -1.90. The number of carbonyl (C=O) groups excluding carboxylic acids is 1. The second-order valence-electron chi connectivity index (χ2n) is 1.78. The van der Waals surface area contributed by atoms with Crippen molar-refractivity contribution in [3.63, 3.8) is 0 Å². The van der Waals surface area contributed by atoms with E-state index in [0.29, 0.717) is 13.0 Å². The monoisotopic (exact) mass is 113 g/mol. The summed E-state index contributed by atoms with van der Waals surface area (Å²) in [5.74, 6) is 0.0370. The van der Waals surface area contributed by atoms with Gasteiger partial charge in [-0.3, -0.25) is 10.1 Å². The number of nitrogens with one attached hydrogen (secondary N) is 1. The van der Waals surface area contributed by atoms with E-state index in [1.54, 1.807) is 0 Å². The smallest absolute Gasteiger partial charge is 0.242 e. The minimum Gasteiger partial charge on any atom is -0.314 e. The molecule has 45 valence electrons. The summed E-state index contributed by atoms with van der Waals surface area (Å²) in [6, 6.07) is 0. The average Bonchev–Trinajstić information content (AvgIpc) is 1.94. The molecular formula is C5H9N2O. The maximum atomic E-state index is 10.5. The third-order valence-corrected chi connectivity index (χ3v) is 1.09. The molecule has 0 bridgehead atoms. The molecule has 1 fully saturated rings. The van der Waals surface area contributed by atoms with Crippen LogP contribution in [0.15, 0.2) is 0 Å². The molecule has 0 spiro atoms. The largest absolute Gasteiger partial charge is 0.314 e. The molecule has 0 atom stereocenters. The maximum absolute atomic E-state index is 10.5. The Kier molecular flexibility index (Phi) is 1.86. The van der Waals surface area contributed by atoms with Crippen molar-refractivity contribution in [2.24, 2.45) is 0 Å². The maximum Gasteiger partial charge on any atom is 0.242 e. The molecule has 0 aromatic carbocycles. The first kappa shape index (κ1) is 5.56. The van der Waals surface area contributed by atoms with Gasteiger partial charge in [0.2, 0.25) is 5.91 Å².